The third kappa shape index (κ3) is 4.06. The maximum atomic E-state index is 13.2. The maximum Gasteiger partial charge on any atom is 0.305 e. The number of hydrogen-bond acceptors (Lipinski definition) is 3. The lowest BCUT2D eigenvalue weighted by molar-refractivity contribution is -0.138. The lowest BCUT2D eigenvalue weighted by Crippen LogP contribution is -2.38. The lowest BCUT2D eigenvalue weighted by Gasteiger charge is -2.27. The fourth-order valence-corrected chi connectivity index (χ4v) is 2.06. The van der Waals surface area contributed by atoms with Crippen molar-refractivity contribution in [2.45, 2.75) is 44.9 Å². The Labute approximate surface area is 95.4 Å². The summed E-state index contributed by atoms with van der Waals surface area (Å²) in [5.41, 5.74) is 0. The molecule has 94 valence electrons. The monoisotopic (exact) mass is 233 g/mol. The first-order valence-electron chi connectivity index (χ1n) is 5.70. The van der Waals surface area contributed by atoms with Crippen molar-refractivity contribution >= 4 is 5.97 Å². The highest BCUT2D eigenvalue weighted by Gasteiger charge is 2.33. The molecule has 0 saturated carbocycles. The predicted molar refractivity (Wildman–Crippen MR) is 58.2 cm³/mol. The van der Waals surface area contributed by atoms with Gasteiger partial charge in [-0.2, -0.15) is 0 Å². The summed E-state index contributed by atoms with van der Waals surface area (Å²) in [6, 6.07) is 0.387. The van der Waals surface area contributed by atoms with E-state index in [1.54, 1.807) is 0 Å². The van der Waals surface area contributed by atoms with Crippen LogP contribution in [-0.2, 0) is 9.53 Å². The number of carboxylic acids is 1. The van der Waals surface area contributed by atoms with Gasteiger partial charge in [-0.05, 0) is 20.3 Å². The first-order valence-corrected chi connectivity index (χ1v) is 5.70. The van der Waals surface area contributed by atoms with Gasteiger partial charge in [0, 0.05) is 18.6 Å². The third-order valence-electron chi connectivity index (χ3n) is 2.84. The minimum Gasteiger partial charge on any atom is -0.481 e. The number of likely N-dealkylation sites (tertiary alicyclic amines) is 1. The molecular weight excluding hydrogens is 213 g/mol. The largest absolute Gasteiger partial charge is 0.481 e. The van der Waals surface area contributed by atoms with Gasteiger partial charge in [-0.3, -0.25) is 9.69 Å². The first-order chi connectivity index (χ1) is 7.50. The Morgan fingerprint density at radius 2 is 2.31 bits per heavy atom. The Hall–Kier alpha value is -0.680. The Morgan fingerprint density at radius 3 is 2.88 bits per heavy atom. The second-order valence-corrected chi connectivity index (χ2v) is 4.50. The van der Waals surface area contributed by atoms with E-state index >= 15 is 0 Å². The van der Waals surface area contributed by atoms with Crippen LogP contribution in [0, 0.1) is 0 Å². The van der Waals surface area contributed by atoms with Crippen LogP contribution in [0.25, 0.3) is 0 Å². The number of nitrogens with zero attached hydrogens (tertiary/aromatic N) is 1. The molecule has 1 saturated heterocycles. The normalized spacial score (nSPS) is 26.5. The summed E-state index contributed by atoms with van der Waals surface area (Å²) >= 11 is 0. The smallest absolute Gasteiger partial charge is 0.305 e. The fourth-order valence-electron chi connectivity index (χ4n) is 2.06. The van der Waals surface area contributed by atoms with Crippen molar-refractivity contribution in [3.63, 3.8) is 0 Å². The zero-order chi connectivity index (χ0) is 12.1. The van der Waals surface area contributed by atoms with Gasteiger partial charge in [0.15, 0.2) is 0 Å². The molecule has 0 spiro atoms. The molecule has 0 radical (unpaired) electrons. The van der Waals surface area contributed by atoms with Crippen molar-refractivity contribution in [3.05, 3.63) is 0 Å². The minimum absolute atomic E-state index is 0.00739. The molecule has 0 aliphatic carbocycles. The molecule has 1 fully saturated rings. The van der Waals surface area contributed by atoms with E-state index < -0.39 is 12.1 Å². The Kier molecular flexibility index (Phi) is 5.15. The van der Waals surface area contributed by atoms with Crippen molar-refractivity contribution in [1.29, 1.82) is 0 Å². The van der Waals surface area contributed by atoms with Crippen LogP contribution in [0.1, 0.15) is 26.7 Å². The number of rotatable bonds is 6. The molecule has 1 rings (SSSR count). The van der Waals surface area contributed by atoms with Crippen molar-refractivity contribution in [1.82, 2.24) is 4.90 Å². The number of ether oxygens (including phenoxy) is 1. The minimum atomic E-state index is -0.865. The van der Waals surface area contributed by atoms with Crippen LogP contribution in [-0.4, -0.2) is 54.0 Å². The Morgan fingerprint density at radius 1 is 1.62 bits per heavy atom. The van der Waals surface area contributed by atoms with E-state index in [1.807, 2.05) is 13.8 Å². The van der Waals surface area contributed by atoms with E-state index in [9.17, 15) is 9.18 Å². The summed E-state index contributed by atoms with van der Waals surface area (Å²) < 4.78 is 18.5. The fraction of sp³-hybridized carbons (Fsp3) is 0.909. The number of hydrogen-bond donors (Lipinski definition) is 1. The number of carbonyl (C=O) groups is 1. The number of halogens is 1. The van der Waals surface area contributed by atoms with Crippen LogP contribution in [0.4, 0.5) is 4.39 Å². The standard InChI is InChI=1S/C11H20FNO3/c1-8(2)13-6-9(12)5-10(13)7-16-4-3-11(14)15/h8-10H,3-7H2,1-2H3,(H,14,15)/t9-,10-/m0/s1. The van der Waals surface area contributed by atoms with Gasteiger partial charge in [0.2, 0.25) is 0 Å². The summed E-state index contributed by atoms with van der Waals surface area (Å²) in [6.45, 7) is 5.15. The highest BCUT2D eigenvalue weighted by molar-refractivity contribution is 5.66. The van der Waals surface area contributed by atoms with Crippen LogP contribution in [0.15, 0.2) is 0 Å². The van der Waals surface area contributed by atoms with Crippen LogP contribution in [0.5, 0.6) is 0 Å². The molecule has 1 aliphatic rings. The highest BCUT2D eigenvalue weighted by atomic mass is 19.1. The van der Waals surface area contributed by atoms with E-state index in [-0.39, 0.29) is 19.1 Å². The SMILES string of the molecule is CC(C)N1C[C@@H](F)C[C@H]1COCCC(=O)O. The summed E-state index contributed by atoms with van der Waals surface area (Å²) in [4.78, 5) is 12.3. The molecule has 5 heteroatoms. The number of alkyl halides is 1. The van der Waals surface area contributed by atoms with Gasteiger partial charge in [0.25, 0.3) is 0 Å². The van der Waals surface area contributed by atoms with E-state index in [4.69, 9.17) is 9.84 Å². The zero-order valence-electron chi connectivity index (χ0n) is 9.86. The average molecular weight is 233 g/mol. The molecule has 0 unspecified atom stereocenters. The zero-order valence-corrected chi connectivity index (χ0v) is 9.86. The van der Waals surface area contributed by atoms with Crippen LogP contribution >= 0.6 is 0 Å². The van der Waals surface area contributed by atoms with Crippen molar-refractivity contribution in [2.24, 2.45) is 0 Å². The summed E-state index contributed by atoms with van der Waals surface area (Å²) in [5.74, 6) is -0.865. The summed E-state index contributed by atoms with van der Waals surface area (Å²) in [5, 5.41) is 8.44. The maximum absolute atomic E-state index is 13.2. The van der Waals surface area contributed by atoms with Gasteiger partial charge in [0.1, 0.15) is 6.17 Å². The molecule has 0 aromatic carbocycles. The number of carboxylic acid groups (broad SMARTS) is 1. The molecule has 2 atom stereocenters. The topological polar surface area (TPSA) is 49.8 Å². The van der Waals surface area contributed by atoms with Gasteiger partial charge >= 0.3 is 5.97 Å². The summed E-state index contributed by atoms with van der Waals surface area (Å²) in [7, 11) is 0. The molecule has 4 nitrogen and oxygen atoms in total. The van der Waals surface area contributed by atoms with Crippen molar-refractivity contribution in [3.8, 4) is 0 Å². The molecule has 1 aliphatic heterocycles. The Balaban J connectivity index is 2.26. The van der Waals surface area contributed by atoms with Crippen LogP contribution < -0.4 is 0 Å². The quantitative estimate of drug-likeness (QED) is 0.702. The molecule has 0 aromatic rings. The second-order valence-electron chi connectivity index (χ2n) is 4.50. The van der Waals surface area contributed by atoms with Gasteiger partial charge < -0.3 is 9.84 Å². The third-order valence-corrected chi connectivity index (χ3v) is 2.84. The molecule has 1 heterocycles. The highest BCUT2D eigenvalue weighted by Crippen LogP contribution is 2.22. The van der Waals surface area contributed by atoms with E-state index in [0.717, 1.165) is 0 Å². The first kappa shape index (κ1) is 13.4. The van der Waals surface area contributed by atoms with Gasteiger partial charge in [-0.15, -0.1) is 0 Å². The number of aliphatic carboxylic acids is 1. The van der Waals surface area contributed by atoms with Gasteiger partial charge in [-0.1, -0.05) is 0 Å². The van der Waals surface area contributed by atoms with Crippen molar-refractivity contribution in [2.75, 3.05) is 19.8 Å². The Bertz CT molecular complexity index is 235. The van der Waals surface area contributed by atoms with Crippen LogP contribution in [0.2, 0.25) is 0 Å². The van der Waals surface area contributed by atoms with Crippen molar-refractivity contribution < 1.29 is 19.0 Å². The molecule has 0 aromatic heterocycles. The van der Waals surface area contributed by atoms with E-state index in [1.165, 1.54) is 0 Å². The molecule has 0 amide bonds. The molecule has 16 heavy (non-hydrogen) atoms. The average Bonchev–Trinajstić information content (AvgIpc) is 2.54. The second kappa shape index (κ2) is 6.15. The lowest BCUT2D eigenvalue weighted by atomic mass is 10.2. The summed E-state index contributed by atoms with van der Waals surface area (Å²) in [6.07, 6.45) is -0.283. The predicted octanol–water partition coefficient (Wildman–Crippen LogP) is 1.30. The van der Waals surface area contributed by atoms with E-state index in [2.05, 4.69) is 4.90 Å². The van der Waals surface area contributed by atoms with Gasteiger partial charge in [-0.25, -0.2) is 4.39 Å². The van der Waals surface area contributed by atoms with E-state index in [0.29, 0.717) is 25.6 Å². The van der Waals surface area contributed by atoms with Crippen LogP contribution in [0.3, 0.4) is 0 Å². The molecular formula is C11H20FNO3. The molecule has 0 bridgehead atoms. The van der Waals surface area contributed by atoms with Gasteiger partial charge in [0.05, 0.1) is 19.6 Å². The molecule has 1 N–H and O–H groups in total.